The summed E-state index contributed by atoms with van der Waals surface area (Å²) in [4.78, 5) is 47.1. The van der Waals surface area contributed by atoms with Gasteiger partial charge in [0.1, 0.15) is 12.6 Å². The molecule has 198 valence electrons. The molecule has 0 aromatic heterocycles. The predicted octanol–water partition coefficient (Wildman–Crippen LogP) is 2.62. The summed E-state index contributed by atoms with van der Waals surface area (Å²) in [6.45, 7) is 9.93. The van der Waals surface area contributed by atoms with Gasteiger partial charge in [-0.15, -0.1) is 11.8 Å². The smallest absolute Gasteiger partial charge is 0.311 e. The van der Waals surface area contributed by atoms with Crippen LogP contribution in [0.1, 0.15) is 27.7 Å². The Balaban J connectivity index is 1.59. The Bertz CT molecular complexity index is 1150. The van der Waals surface area contributed by atoms with Crippen LogP contribution in [0.4, 0.5) is 11.4 Å². The van der Waals surface area contributed by atoms with Crippen LogP contribution in [0.3, 0.4) is 0 Å². The second kappa shape index (κ2) is 9.51. The van der Waals surface area contributed by atoms with Gasteiger partial charge in [-0.1, -0.05) is 18.2 Å². The summed E-state index contributed by atoms with van der Waals surface area (Å²) < 4.78 is 3.81. The van der Waals surface area contributed by atoms with E-state index in [1.807, 2.05) is 55.5 Å². The van der Waals surface area contributed by atoms with Gasteiger partial charge >= 0.3 is 5.97 Å². The van der Waals surface area contributed by atoms with Gasteiger partial charge in [-0.05, 0) is 58.0 Å². The van der Waals surface area contributed by atoms with Gasteiger partial charge in [0, 0.05) is 35.8 Å². The number of hydrogen-bond acceptors (Lipinski definition) is 7. The summed E-state index contributed by atoms with van der Waals surface area (Å²) in [6.07, 6.45) is 7.69. The van der Waals surface area contributed by atoms with E-state index in [1.165, 1.54) is 16.7 Å². The second-order valence-electron chi connectivity index (χ2n) is 10.3. The highest BCUT2D eigenvalue weighted by Gasteiger charge is 2.74. The van der Waals surface area contributed by atoms with Gasteiger partial charge in [0.25, 0.3) is 5.91 Å². The van der Waals surface area contributed by atoms with Gasteiger partial charge in [0.15, 0.2) is 0 Å². The van der Waals surface area contributed by atoms with Gasteiger partial charge in [-0.2, -0.15) is 0 Å². The molecule has 4 aliphatic heterocycles. The quantitative estimate of drug-likeness (QED) is 0.451. The average Bonchev–Trinajstić information content (AvgIpc) is 3.16. The molecule has 1 spiro atoms. The molecule has 0 aliphatic carbocycles. The number of aliphatic hydroxyl groups excluding tert-OH is 1. The van der Waals surface area contributed by atoms with Crippen LogP contribution in [0, 0.1) is 11.8 Å². The zero-order chi connectivity index (χ0) is 26.5. The van der Waals surface area contributed by atoms with Crippen LogP contribution >= 0.6 is 11.8 Å². The SMILES string of the molecule is CCN(CC)c1ccc(N2CC=C[C@]34S[C@@]5(C)C=CCOC(=O)[C@H]5[C@H]3C(=O)N([C@H](C)CO)C4C2=O)cc1. The zero-order valence-electron chi connectivity index (χ0n) is 21.8. The number of fused-ring (bicyclic) bond motifs is 2. The lowest BCUT2D eigenvalue weighted by molar-refractivity contribution is -0.153. The molecule has 2 saturated heterocycles. The van der Waals surface area contributed by atoms with E-state index in [1.54, 1.807) is 11.8 Å². The van der Waals surface area contributed by atoms with Crippen molar-refractivity contribution in [2.24, 2.45) is 11.8 Å². The third kappa shape index (κ3) is 3.81. The number of thioether (sulfide) groups is 1. The van der Waals surface area contributed by atoms with Crippen LogP contribution in [0.15, 0.2) is 48.6 Å². The Hall–Kier alpha value is -2.78. The van der Waals surface area contributed by atoms with E-state index >= 15 is 0 Å². The maximum absolute atomic E-state index is 14.4. The van der Waals surface area contributed by atoms with Gasteiger partial charge in [-0.3, -0.25) is 14.4 Å². The van der Waals surface area contributed by atoms with E-state index in [0.29, 0.717) is 6.54 Å². The lowest BCUT2D eigenvalue weighted by Crippen LogP contribution is -2.56. The molecule has 2 fully saturated rings. The maximum atomic E-state index is 14.4. The van der Waals surface area contributed by atoms with Gasteiger partial charge in [0.2, 0.25) is 5.91 Å². The first-order valence-corrected chi connectivity index (χ1v) is 13.9. The molecule has 0 saturated carbocycles. The van der Waals surface area contributed by atoms with Crippen molar-refractivity contribution in [1.29, 1.82) is 0 Å². The van der Waals surface area contributed by atoms with Gasteiger partial charge in [-0.25, -0.2) is 0 Å². The van der Waals surface area contributed by atoms with Crippen LogP contribution in [0.2, 0.25) is 0 Å². The maximum Gasteiger partial charge on any atom is 0.311 e. The number of carbonyl (C=O) groups is 3. The van der Waals surface area contributed by atoms with Crippen LogP contribution < -0.4 is 9.80 Å². The number of amides is 2. The van der Waals surface area contributed by atoms with E-state index in [-0.39, 0.29) is 25.0 Å². The Morgan fingerprint density at radius 3 is 2.43 bits per heavy atom. The van der Waals surface area contributed by atoms with Gasteiger partial charge < -0.3 is 24.5 Å². The largest absolute Gasteiger partial charge is 0.461 e. The number of benzene rings is 1. The fourth-order valence-electron chi connectivity index (χ4n) is 6.52. The lowest BCUT2D eigenvalue weighted by Gasteiger charge is -2.38. The molecule has 4 heterocycles. The molecule has 8 nitrogen and oxygen atoms in total. The summed E-state index contributed by atoms with van der Waals surface area (Å²) in [7, 11) is 0. The normalized spacial score (nSPS) is 33.4. The highest BCUT2D eigenvalue weighted by Crippen LogP contribution is 2.65. The number of ether oxygens (including phenoxy) is 1. The highest BCUT2D eigenvalue weighted by molar-refractivity contribution is 8.02. The van der Waals surface area contributed by atoms with E-state index in [9.17, 15) is 19.5 Å². The molecule has 5 rings (SSSR count). The third-order valence-corrected chi connectivity index (χ3v) is 10.1. The van der Waals surface area contributed by atoms with E-state index in [4.69, 9.17) is 4.74 Å². The second-order valence-corrected chi connectivity index (χ2v) is 12.1. The number of esters is 1. The third-order valence-electron chi connectivity index (χ3n) is 8.28. The van der Waals surface area contributed by atoms with Crippen molar-refractivity contribution in [2.45, 2.75) is 49.3 Å². The fraction of sp³-hybridized carbons (Fsp3) is 0.536. The molecule has 37 heavy (non-hydrogen) atoms. The van der Waals surface area contributed by atoms with Crippen LogP contribution in [-0.4, -0.2) is 82.2 Å². The monoisotopic (exact) mass is 525 g/mol. The van der Waals surface area contributed by atoms with E-state index in [2.05, 4.69) is 18.7 Å². The number of cyclic esters (lactones) is 1. The van der Waals surface area contributed by atoms with Crippen molar-refractivity contribution >= 4 is 40.9 Å². The number of hydrogen-bond donors (Lipinski definition) is 1. The summed E-state index contributed by atoms with van der Waals surface area (Å²) in [5.41, 5.74) is 1.83. The van der Waals surface area contributed by atoms with Crippen molar-refractivity contribution in [3.05, 3.63) is 48.6 Å². The fourth-order valence-corrected chi connectivity index (χ4v) is 8.66. The van der Waals surface area contributed by atoms with Gasteiger partial charge in [0.05, 0.1) is 29.2 Å². The Kier molecular flexibility index (Phi) is 6.64. The molecule has 4 aliphatic rings. The Morgan fingerprint density at radius 1 is 1.08 bits per heavy atom. The first kappa shape index (κ1) is 25.9. The zero-order valence-corrected chi connectivity index (χ0v) is 22.6. The molecule has 0 radical (unpaired) electrons. The number of aliphatic hydroxyl groups is 1. The lowest BCUT2D eigenvalue weighted by atomic mass is 9.75. The predicted molar refractivity (Wildman–Crippen MR) is 144 cm³/mol. The number of rotatable bonds is 6. The minimum atomic E-state index is -0.951. The summed E-state index contributed by atoms with van der Waals surface area (Å²) >= 11 is 1.51. The standard InChI is InChI=1S/C28H35N3O5S/c1-5-29(6-2)19-9-11-20(12-10-19)30-15-7-14-28-21(22-26(35)36-16-8-13-27(22,4)37-28)24(33)31(18(3)17-32)23(28)25(30)34/h7-14,18,21-23,32H,5-6,15-17H2,1-4H3/t18-,21+,22-,23?,27+,28+/m1/s1. The first-order valence-electron chi connectivity index (χ1n) is 13.0. The average molecular weight is 526 g/mol. The Morgan fingerprint density at radius 2 is 1.78 bits per heavy atom. The molecule has 9 heteroatoms. The Labute approximate surface area is 222 Å². The molecule has 2 amide bonds. The number of carbonyl (C=O) groups excluding carboxylic acids is 3. The minimum absolute atomic E-state index is 0.172. The molecular weight excluding hydrogens is 490 g/mol. The minimum Gasteiger partial charge on any atom is -0.461 e. The molecule has 1 unspecified atom stereocenters. The molecule has 1 N–H and O–H groups in total. The van der Waals surface area contributed by atoms with Crippen LogP contribution in [-0.2, 0) is 19.1 Å². The molecule has 1 aromatic carbocycles. The molecule has 6 atom stereocenters. The summed E-state index contributed by atoms with van der Waals surface area (Å²) in [5.74, 6) is -2.39. The summed E-state index contributed by atoms with van der Waals surface area (Å²) in [5, 5.41) is 10.1. The van der Waals surface area contributed by atoms with E-state index in [0.717, 1.165) is 24.5 Å². The number of likely N-dealkylation sites (tertiary alicyclic amines) is 1. The van der Waals surface area contributed by atoms with Crippen LogP contribution in [0.25, 0.3) is 0 Å². The van der Waals surface area contributed by atoms with Crippen molar-refractivity contribution in [3.8, 4) is 0 Å². The van der Waals surface area contributed by atoms with Crippen LogP contribution in [0.5, 0.6) is 0 Å². The topological polar surface area (TPSA) is 90.4 Å². The van der Waals surface area contributed by atoms with Crippen molar-refractivity contribution in [3.63, 3.8) is 0 Å². The molecule has 0 bridgehead atoms. The number of anilines is 2. The van der Waals surface area contributed by atoms with E-state index < -0.39 is 39.4 Å². The van der Waals surface area contributed by atoms with Crippen molar-refractivity contribution in [1.82, 2.24) is 4.90 Å². The highest BCUT2D eigenvalue weighted by atomic mass is 32.2. The molecule has 1 aromatic rings. The molecular formula is C28H35N3O5S. The van der Waals surface area contributed by atoms with Crippen molar-refractivity contribution in [2.75, 3.05) is 42.6 Å². The first-order chi connectivity index (χ1) is 17.7. The van der Waals surface area contributed by atoms with Crippen molar-refractivity contribution < 1.29 is 24.2 Å². The summed E-state index contributed by atoms with van der Waals surface area (Å²) in [6, 6.07) is 6.48. The number of nitrogens with zero attached hydrogens (tertiary/aromatic N) is 3.